The van der Waals surface area contributed by atoms with Crippen LogP contribution in [0.1, 0.15) is 16.1 Å². The number of aryl methyl sites for hydroxylation is 1. The average Bonchev–Trinajstić information content (AvgIpc) is 2.65. The molecule has 6 heteroatoms. The van der Waals surface area contributed by atoms with Crippen LogP contribution in [0.15, 0.2) is 24.7 Å². The van der Waals surface area contributed by atoms with Crippen molar-refractivity contribution in [1.82, 2.24) is 25.2 Å². The average molecular weight is 189 g/mol. The summed E-state index contributed by atoms with van der Waals surface area (Å²) in [5, 5.41) is 14.5. The fourth-order valence-electron chi connectivity index (χ4n) is 1.07. The van der Waals surface area contributed by atoms with E-state index in [4.69, 9.17) is 0 Å². The van der Waals surface area contributed by atoms with Crippen molar-refractivity contribution >= 4 is 5.78 Å². The van der Waals surface area contributed by atoms with Gasteiger partial charge in [-0.3, -0.25) is 4.79 Å². The molecule has 70 valence electrons. The van der Waals surface area contributed by atoms with Gasteiger partial charge in [0.05, 0.1) is 18.6 Å². The van der Waals surface area contributed by atoms with Crippen LogP contribution in [0.3, 0.4) is 0 Å². The second-order valence-corrected chi connectivity index (χ2v) is 2.70. The molecule has 0 aliphatic rings. The first kappa shape index (κ1) is 8.49. The van der Waals surface area contributed by atoms with Crippen molar-refractivity contribution in [3.05, 3.63) is 35.9 Å². The molecule has 6 nitrogen and oxygen atoms in total. The van der Waals surface area contributed by atoms with Gasteiger partial charge in [-0.15, -0.1) is 5.10 Å². The Kier molecular flexibility index (Phi) is 2.02. The maximum Gasteiger partial charge on any atom is 0.214 e. The van der Waals surface area contributed by atoms with Gasteiger partial charge in [-0.2, -0.15) is 10.2 Å². The minimum absolute atomic E-state index is 0.160. The molecular formula is C8H7N5O. The summed E-state index contributed by atoms with van der Waals surface area (Å²) in [5.41, 5.74) is 0.906. The number of rotatable bonds is 2. The first-order valence-corrected chi connectivity index (χ1v) is 3.95. The van der Waals surface area contributed by atoms with Crippen molar-refractivity contribution in [3.8, 4) is 0 Å². The van der Waals surface area contributed by atoms with Crippen LogP contribution < -0.4 is 0 Å². The summed E-state index contributed by atoms with van der Waals surface area (Å²) in [6.07, 6.45) is 4.30. The van der Waals surface area contributed by atoms with Gasteiger partial charge in [0, 0.05) is 12.6 Å². The predicted octanol–water partition coefficient (Wildman–Crippen LogP) is -0.164. The number of hydrogen-bond donors (Lipinski definition) is 0. The summed E-state index contributed by atoms with van der Waals surface area (Å²) >= 11 is 0. The third-order valence-corrected chi connectivity index (χ3v) is 1.79. The van der Waals surface area contributed by atoms with E-state index in [-0.39, 0.29) is 5.78 Å². The Balaban J connectivity index is 2.39. The summed E-state index contributed by atoms with van der Waals surface area (Å²) in [6.45, 7) is 0. The Morgan fingerprint density at radius 1 is 1.29 bits per heavy atom. The van der Waals surface area contributed by atoms with Gasteiger partial charge in [0.1, 0.15) is 5.69 Å². The molecule has 0 saturated heterocycles. The van der Waals surface area contributed by atoms with E-state index in [1.54, 1.807) is 13.1 Å². The summed E-state index contributed by atoms with van der Waals surface area (Å²) in [7, 11) is 1.66. The smallest absolute Gasteiger partial charge is 0.214 e. The van der Waals surface area contributed by atoms with Crippen LogP contribution in [-0.2, 0) is 7.05 Å². The van der Waals surface area contributed by atoms with E-state index in [0.29, 0.717) is 11.3 Å². The van der Waals surface area contributed by atoms with Crippen LogP contribution in [-0.4, -0.2) is 31.0 Å². The number of ketones is 1. The van der Waals surface area contributed by atoms with Crippen LogP contribution in [0.5, 0.6) is 0 Å². The second-order valence-electron chi connectivity index (χ2n) is 2.70. The molecule has 0 saturated carbocycles. The largest absolute Gasteiger partial charge is 0.287 e. The molecule has 2 aromatic rings. The van der Waals surface area contributed by atoms with Crippen LogP contribution >= 0.6 is 0 Å². The Morgan fingerprint density at radius 2 is 2.14 bits per heavy atom. The molecule has 0 atom stereocenters. The predicted molar refractivity (Wildman–Crippen MR) is 46.5 cm³/mol. The summed E-state index contributed by atoms with van der Waals surface area (Å²) in [6, 6.07) is 1.60. The summed E-state index contributed by atoms with van der Waals surface area (Å²) in [4.78, 5) is 11.8. The Labute approximate surface area is 79.6 Å². The maximum absolute atomic E-state index is 11.8. The van der Waals surface area contributed by atoms with Gasteiger partial charge in [-0.05, 0) is 6.07 Å². The number of hydrogen-bond acceptors (Lipinski definition) is 5. The van der Waals surface area contributed by atoms with Gasteiger partial charge in [-0.25, -0.2) is 4.68 Å². The highest BCUT2D eigenvalue weighted by molar-refractivity contribution is 6.07. The van der Waals surface area contributed by atoms with E-state index in [1.807, 2.05) is 0 Å². The SMILES string of the molecule is Cn1nncc1C(=O)c1ccnnc1. The van der Waals surface area contributed by atoms with Crippen LogP contribution in [0, 0.1) is 0 Å². The minimum atomic E-state index is -0.160. The molecule has 2 heterocycles. The van der Waals surface area contributed by atoms with Crippen molar-refractivity contribution in [3.63, 3.8) is 0 Å². The zero-order valence-electron chi connectivity index (χ0n) is 7.45. The molecule has 0 radical (unpaired) electrons. The molecule has 0 fully saturated rings. The lowest BCUT2D eigenvalue weighted by Gasteiger charge is -1.97. The lowest BCUT2D eigenvalue weighted by Crippen LogP contribution is -2.08. The van der Waals surface area contributed by atoms with Crippen molar-refractivity contribution in [2.75, 3.05) is 0 Å². The van der Waals surface area contributed by atoms with Crippen LogP contribution in [0.2, 0.25) is 0 Å². The summed E-state index contributed by atoms with van der Waals surface area (Å²) < 4.78 is 1.42. The van der Waals surface area contributed by atoms with Gasteiger partial charge in [0.25, 0.3) is 0 Å². The van der Waals surface area contributed by atoms with E-state index < -0.39 is 0 Å². The topological polar surface area (TPSA) is 73.6 Å². The van der Waals surface area contributed by atoms with Gasteiger partial charge >= 0.3 is 0 Å². The van der Waals surface area contributed by atoms with E-state index >= 15 is 0 Å². The number of nitrogens with zero attached hydrogens (tertiary/aromatic N) is 5. The molecule has 0 N–H and O–H groups in total. The van der Waals surface area contributed by atoms with E-state index in [0.717, 1.165) is 0 Å². The lowest BCUT2D eigenvalue weighted by molar-refractivity contribution is 0.102. The highest BCUT2D eigenvalue weighted by Gasteiger charge is 2.13. The molecule has 0 aliphatic carbocycles. The van der Waals surface area contributed by atoms with Crippen LogP contribution in [0.25, 0.3) is 0 Å². The molecule has 0 aromatic carbocycles. The zero-order valence-corrected chi connectivity index (χ0v) is 7.45. The second kappa shape index (κ2) is 3.33. The first-order valence-electron chi connectivity index (χ1n) is 3.95. The highest BCUT2D eigenvalue weighted by atomic mass is 16.1. The Morgan fingerprint density at radius 3 is 2.71 bits per heavy atom. The fraction of sp³-hybridized carbons (Fsp3) is 0.125. The highest BCUT2D eigenvalue weighted by Crippen LogP contribution is 2.04. The number of carbonyl (C=O) groups is 1. The molecular weight excluding hydrogens is 182 g/mol. The molecule has 0 aliphatic heterocycles. The fourth-order valence-corrected chi connectivity index (χ4v) is 1.07. The van der Waals surface area contributed by atoms with Gasteiger partial charge < -0.3 is 0 Å². The molecule has 2 aromatic heterocycles. The van der Waals surface area contributed by atoms with Crippen molar-refractivity contribution in [1.29, 1.82) is 0 Å². The van der Waals surface area contributed by atoms with E-state index in [1.165, 1.54) is 23.3 Å². The molecule has 0 bridgehead atoms. The molecule has 0 amide bonds. The summed E-state index contributed by atoms with van der Waals surface area (Å²) in [5.74, 6) is -0.160. The van der Waals surface area contributed by atoms with Gasteiger partial charge in [0.2, 0.25) is 5.78 Å². The third kappa shape index (κ3) is 1.37. The van der Waals surface area contributed by atoms with Gasteiger partial charge in [-0.1, -0.05) is 5.21 Å². The standard InChI is InChI=1S/C8H7N5O/c1-13-7(5-11-12-13)8(14)6-2-3-9-10-4-6/h2-5H,1H3. The van der Waals surface area contributed by atoms with Crippen LogP contribution in [0.4, 0.5) is 0 Å². The monoisotopic (exact) mass is 189 g/mol. The zero-order chi connectivity index (χ0) is 9.97. The van der Waals surface area contributed by atoms with E-state index in [9.17, 15) is 4.79 Å². The Bertz CT molecular complexity index is 450. The van der Waals surface area contributed by atoms with Crippen molar-refractivity contribution in [2.45, 2.75) is 0 Å². The molecule has 2 rings (SSSR count). The molecule has 14 heavy (non-hydrogen) atoms. The number of aromatic nitrogens is 5. The maximum atomic E-state index is 11.8. The normalized spacial score (nSPS) is 10.1. The van der Waals surface area contributed by atoms with Gasteiger partial charge in [0.15, 0.2) is 0 Å². The third-order valence-electron chi connectivity index (χ3n) is 1.79. The number of carbonyl (C=O) groups excluding carboxylic acids is 1. The molecule has 0 spiro atoms. The van der Waals surface area contributed by atoms with Crippen molar-refractivity contribution in [2.24, 2.45) is 7.05 Å². The molecule has 0 unspecified atom stereocenters. The van der Waals surface area contributed by atoms with E-state index in [2.05, 4.69) is 20.5 Å². The Hall–Kier alpha value is -2.11. The first-order chi connectivity index (χ1) is 6.79. The minimum Gasteiger partial charge on any atom is -0.287 e. The quantitative estimate of drug-likeness (QED) is 0.613. The van der Waals surface area contributed by atoms with Crippen molar-refractivity contribution < 1.29 is 4.79 Å². The lowest BCUT2D eigenvalue weighted by atomic mass is 10.1.